The number of aryl methyl sites for hydroxylation is 2. The van der Waals surface area contributed by atoms with Gasteiger partial charge in [-0.15, -0.1) is 0 Å². The van der Waals surface area contributed by atoms with E-state index in [1.807, 2.05) is 31.2 Å². The van der Waals surface area contributed by atoms with Gasteiger partial charge in [0, 0.05) is 25.7 Å². The molecule has 1 heterocycles. The maximum Gasteiger partial charge on any atom is 0.215 e. The van der Waals surface area contributed by atoms with Crippen LogP contribution in [0.5, 0.6) is 0 Å². The fourth-order valence-corrected chi connectivity index (χ4v) is 4.62. The summed E-state index contributed by atoms with van der Waals surface area (Å²) in [7, 11) is -3.41. The van der Waals surface area contributed by atoms with E-state index in [1.165, 1.54) is 5.56 Å². The molecule has 5 nitrogen and oxygen atoms in total. The summed E-state index contributed by atoms with van der Waals surface area (Å²) in [5.74, 6) is 0.00338. The molecular weight excluding hydrogens is 360 g/mol. The normalized spacial score (nSPS) is 17.0. The quantitative estimate of drug-likeness (QED) is 0.792. The van der Waals surface area contributed by atoms with Crippen molar-refractivity contribution in [1.82, 2.24) is 9.62 Å². The first-order chi connectivity index (χ1) is 12.9. The van der Waals surface area contributed by atoms with Gasteiger partial charge in [0.05, 0.1) is 19.0 Å². The Bertz CT molecular complexity index is 844. The van der Waals surface area contributed by atoms with Gasteiger partial charge in [0.25, 0.3) is 0 Å². The number of ether oxygens (including phenoxy) is 1. The zero-order valence-electron chi connectivity index (χ0n) is 16.0. The van der Waals surface area contributed by atoms with Crippen LogP contribution in [0.2, 0.25) is 0 Å². The molecule has 2 aromatic carbocycles. The Morgan fingerprint density at radius 2 is 1.70 bits per heavy atom. The maximum atomic E-state index is 12.7. The summed E-state index contributed by atoms with van der Waals surface area (Å²) in [6.07, 6.45) is 0. The highest BCUT2D eigenvalue weighted by molar-refractivity contribution is 7.88. The van der Waals surface area contributed by atoms with Crippen molar-refractivity contribution in [2.45, 2.75) is 25.6 Å². The number of morpholine rings is 1. The molecule has 1 aliphatic rings. The highest BCUT2D eigenvalue weighted by Gasteiger charge is 2.24. The summed E-state index contributed by atoms with van der Waals surface area (Å²) in [5, 5.41) is 0. The van der Waals surface area contributed by atoms with Crippen molar-refractivity contribution in [2.75, 3.05) is 32.8 Å². The standard InChI is InChI=1S/C21H28N2O3S/c1-17-7-9-19(10-8-17)21(23-11-13-26-14-12-23)15-22-27(24,25)16-20-6-4-3-5-18(20)2/h3-10,21-22H,11-16H2,1-2H3. The van der Waals surface area contributed by atoms with Gasteiger partial charge in [0.1, 0.15) is 0 Å². The predicted octanol–water partition coefficient (Wildman–Crippen LogP) is 2.80. The lowest BCUT2D eigenvalue weighted by atomic mass is 10.0. The molecule has 0 aromatic heterocycles. The second-order valence-electron chi connectivity index (χ2n) is 7.11. The van der Waals surface area contributed by atoms with Crippen LogP contribution in [0.3, 0.4) is 0 Å². The van der Waals surface area contributed by atoms with E-state index in [0.29, 0.717) is 19.8 Å². The number of nitrogens with zero attached hydrogens (tertiary/aromatic N) is 1. The molecule has 1 N–H and O–H groups in total. The molecular formula is C21H28N2O3S. The van der Waals surface area contributed by atoms with Gasteiger partial charge in [-0.2, -0.15) is 0 Å². The minimum absolute atomic E-state index is 0.00106. The molecule has 0 spiro atoms. The molecule has 3 rings (SSSR count). The topological polar surface area (TPSA) is 58.6 Å². The lowest BCUT2D eigenvalue weighted by Crippen LogP contribution is -2.44. The van der Waals surface area contributed by atoms with Crippen LogP contribution < -0.4 is 4.72 Å². The van der Waals surface area contributed by atoms with Crippen LogP contribution in [0.1, 0.15) is 28.3 Å². The molecule has 1 atom stereocenters. The highest BCUT2D eigenvalue weighted by atomic mass is 32.2. The maximum absolute atomic E-state index is 12.7. The average Bonchev–Trinajstić information content (AvgIpc) is 2.66. The van der Waals surface area contributed by atoms with Crippen LogP contribution in [0.25, 0.3) is 0 Å². The number of hydrogen-bond acceptors (Lipinski definition) is 4. The molecule has 6 heteroatoms. The van der Waals surface area contributed by atoms with Crippen molar-refractivity contribution < 1.29 is 13.2 Å². The van der Waals surface area contributed by atoms with Crippen LogP contribution in [0.4, 0.5) is 0 Å². The van der Waals surface area contributed by atoms with Gasteiger partial charge in [0.2, 0.25) is 10.0 Å². The molecule has 0 amide bonds. The Hall–Kier alpha value is -1.73. The van der Waals surface area contributed by atoms with E-state index in [4.69, 9.17) is 4.74 Å². The molecule has 146 valence electrons. The van der Waals surface area contributed by atoms with Crippen LogP contribution >= 0.6 is 0 Å². The second-order valence-corrected chi connectivity index (χ2v) is 8.92. The molecule has 1 fully saturated rings. The van der Waals surface area contributed by atoms with Crippen LogP contribution in [0.15, 0.2) is 48.5 Å². The zero-order chi connectivity index (χ0) is 19.3. The average molecular weight is 389 g/mol. The Kier molecular flexibility index (Phi) is 6.65. The largest absolute Gasteiger partial charge is 0.379 e. The van der Waals surface area contributed by atoms with Crippen LogP contribution in [-0.2, 0) is 20.5 Å². The zero-order valence-corrected chi connectivity index (χ0v) is 16.8. The van der Waals surface area contributed by atoms with Crippen LogP contribution in [0, 0.1) is 13.8 Å². The summed E-state index contributed by atoms with van der Waals surface area (Å²) < 4.78 is 33.6. The van der Waals surface area contributed by atoms with Gasteiger partial charge in [-0.05, 0) is 30.5 Å². The number of nitrogens with one attached hydrogen (secondary N) is 1. The van der Waals surface area contributed by atoms with Crippen molar-refractivity contribution in [2.24, 2.45) is 0 Å². The predicted molar refractivity (Wildman–Crippen MR) is 108 cm³/mol. The van der Waals surface area contributed by atoms with Crippen molar-refractivity contribution in [3.05, 3.63) is 70.8 Å². The summed E-state index contributed by atoms with van der Waals surface area (Å²) in [6, 6.07) is 15.9. The molecule has 0 saturated carbocycles. The van der Waals surface area contributed by atoms with E-state index in [2.05, 4.69) is 40.8 Å². The van der Waals surface area contributed by atoms with E-state index in [9.17, 15) is 8.42 Å². The molecule has 2 aromatic rings. The number of sulfonamides is 1. The number of rotatable bonds is 7. The van der Waals surface area contributed by atoms with Crippen molar-refractivity contribution in [3.8, 4) is 0 Å². The van der Waals surface area contributed by atoms with Crippen molar-refractivity contribution in [1.29, 1.82) is 0 Å². The molecule has 1 saturated heterocycles. The summed E-state index contributed by atoms with van der Waals surface area (Å²) in [4.78, 5) is 2.30. The third-order valence-electron chi connectivity index (χ3n) is 5.05. The van der Waals surface area contributed by atoms with E-state index < -0.39 is 10.0 Å². The Morgan fingerprint density at radius 1 is 1.04 bits per heavy atom. The third kappa shape index (κ3) is 5.62. The smallest absolute Gasteiger partial charge is 0.215 e. The highest BCUT2D eigenvalue weighted by Crippen LogP contribution is 2.22. The van der Waals surface area contributed by atoms with Crippen LogP contribution in [-0.4, -0.2) is 46.2 Å². The van der Waals surface area contributed by atoms with Crippen molar-refractivity contribution >= 4 is 10.0 Å². The lowest BCUT2D eigenvalue weighted by Gasteiger charge is -2.35. The Morgan fingerprint density at radius 3 is 2.37 bits per heavy atom. The Balaban J connectivity index is 1.73. The van der Waals surface area contributed by atoms with Gasteiger partial charge in [-0.1, -0.05) is 54.1 Å². The Labute approximate surface area is 162 Å². The molecule has 1 unspecified atom stereocenters. The molecule has 0 bridgehead atoms. The lowest BCUT2D eigenvalue weighted by molar-refractivity contribution is 0.0172. The van der Waals surface area contributed by atoms with Crippen molar-refractivity contribution in [3.63, 3.8) is 0 Å². The third-order valence-corrected chi connectivity index (χ3v) is 6.35. The number of benzene rings is 2. The van der Waals surface area contributed by atoms with Gasteiger partial charge in [0.15, 0.2) is 0 Å². The summed E-state index contributed by atoms with van der Waals surface area (Å²) in [5.41, 5.74) is 4.15. The van der Waals surface area contributed by atoms with E-state index in [1.54, 1.807) is 0 Å². The van der Waals surface area contributed by atoms with Gasteiger partial charge in [-0.25, -0.2) is 13.1 Å². The molecule has 27 heavy (non-hydrogen) atoms. The van der Waals surface area contributed by atoms with Gasteiger partial charge >= 0.3 is 0 Å². The van der Waals surface area contributed by atoms with E-state index >= 15 is 0 Å². The first-order valence-electron chi connectivity index (χ1n) is 9.35. The fourth-order valence-electron chi connectivity index (χ4n) is 3.37. The number of hydrogen-bond donors (Lipinski definition) is 1. The molecule has 1 aliphatic heterocycles. The van der Waals surface area contributed by atoms with E-state index in [0.717, 1.165) is 29.8 Å². The summed E-state index contributed by atoms with van der Waals surface area (Å²) >= 11 is 0. The van der Waals surface area contributed by atoms with E-state index in [-0.39, 0.29) is 11.8 Å². The molecule has 0 radical (unpaired) electrons. The first kappa shape index (κ1) is 20.0. The monoisotopic (exact) mass is 388 g/mol. The van der Waals surface area contributed by atoms with Gasteiger partial charge < -0.3 is 4.74 Å². The summed E-state index contributed by atoms with van der Waals surface area (Å²) in [6.45, 7) is 7.32. The molecule has 0 aliphatic carbocycles. The minimum Gasteiger partial charge on any atom is -0.379 e. The minimum atomic E-state index is -3.41. The fraction of sp³-hybridized carbons (Fsp3) is 0.429. The van der Waals surface area contributed by atoms with Gasteiger partial charge in [-0.3, -0.25) is 4.90 Å². The first-order valence-corrected chi connectivity index (χ1v) is 11.0. The second kappa shape index (κ2) is 8.97. The SMILES string of the molecule is Cc1ccc(C(CNS(=O)(=O)Cc2ccccc2C)N2CCOCC2)cc1.